The molecule has 1 aromatic carbocycles. The zero-order valence-electron chi connectivity index (χ0n) is 8.18. The second-order valence-electron chi connectivity index (χ2n) is 3.15. The monoisotopic (exact) mass is 271 g/mol. The SMILES string of the molecule is N#Cc1ccc(Br)cc1-n1cccc1C#N. The van der Waals surface area contributed by atoms with Crippen LogP contribution >= 0.6 is 15.9 Å². The molecule has 2 aromatic rings. The third-order valence-electron chi connectivity index (χ3n) is 2.20. The molecule has 2 rings (SSSR count). The molecule has 4 heteroatoms. The van der Waals surface area contributed by atoms with Gasteiger partial charge in [0.05, 0.1) is 11.3 Å². The van der Waals surface area contributed by atoms with Crippen LogP contribution in [0.2, 0.25) is 0 Å². The van der Waals surface area contributed by atoms with Crippen LogP contribution in [0.4, 0.5) is 0 Å². The van der Waals surface area contributed by atoms with Crippen molar-refractivity contribution in [2.24, 2.45) is 0 Å². The van der Waals surface area contributed by atoms with Gasteiger partial charge in [-0.15, -0.1) is 0 Å². The molecule has 0 aliphatic carbocycles. The lowest BCUT2D eigenvalue weighted by atomic mass is 10.2. The summed E-state index contributed by atoms with van der Waals surface area (Å²) >= 11 is 3.35. The van der Waals surface area contributed by atoms with E-state index < -0.39 is 0 Å². The molecule has 0 aliphatic rings. The molecule has 0 N–H and O–H groups in total. The second-order valence-corrected chi connectivity index (χ2v) is 4.06. The maximum absolute atomic E-state index is 9.01. The smallest absolute Gasteiger partial charge is 0.124 e. The molecule has 0 aliphatic heterocycles. The van der Waals surface area contributed by atoms with Gasteiger partial charge in [0.15, 0.2) is 0 Å². The molecule has 0 unspecified atom stereocenters. The largest absolute Gasteiger partial charge is 0.307 e. The van der Waals surface area contributed by atoms with Crippen molar-refractivity contribution in [1.29, 1.82) is 10.5 Å². The van der Waals surface area contributed by atoms with Gasteiger partial charge in [0, 0.05) is 10.7 Å². The van der Waals surface area contributed by atoms with E-state index in [2.05, 4.69) is 28.1 Å². The van der Waals surface area contributed by atoms with Gasteiger partial charge in [-0.1, -0.05) is 15.9 Å². The predicted octanol–water partition coefficient (Wildman–Crippen LogP) is 2.98. The Morgan fingerprint density at radius 1 is 1.12 bits per heavy atom. The van der Waals surface area contributed by atoms with Crippen molar-refractivity contribution >= 4 is 15.9 Å². The summed E-state index contributed by atoms with van der Waals surface area (Å²) in [5.74, 6) is 0. The van der Waals surface area contributed by atoms with E-state index in [-0.39, 0.29) is 0 Å². The van der Waals surface area contributed by atoms with E-state index in [1.54, 1.807) is 35.0 Å². The van der Waals surface area contributed by atoms with Gasteiger partial charge in [-0.3, -0.25) is 0 Å². The number of nitrogens with zero attached hydrogens (tertiary/aromatic N) is 3. The van der Waals surface area contributed by atoms with Crippen molar-refractivity contribution < 1.29 is 0 Å². The maximum Gasteiger partial charge on any atom is 0.124 e. The van der Waals surface area contributed by atoms with E-state index in [1.165, 1.54) is 0 Å². The van der Waals surface area contributed by atoms with Crippen LogP contribution in [0.15, 0.2) is 41.0 Å². The van der Waals surface area contributed by atoms with E-state index in [0.717, 1.165) is 4.47 Å². The van der Waals surface area contributed by atoms with Gasteiger partial charge < -0.3 is 4.57 Å². The lowest BCUT2D eigenvalue weighted by Crippen LogP contribution is -1.98. The Balaban J connectivity index is 2.70. The summed E-state index contributed by atoms with van der Waals surface area (Å²) in [5, 5.41) is 17.9. The molecule has 0 amide bonds. The lowest BCUT2D eigenvalue weighted by Gasteiger charge is -2.07. The molecule has 76 valence electrons. The first-order valence-electron chi connectivity index (χ1n) is 4.53. The molecule has 16 heavy (non-hydrogen) atoms. The van der Waals surface area contributed by atoms with Crippen molar-refractivity contribution in [2.75, 3.05) is 0 Å². The van der Waals surface area contributed by atoms with Gasteiger partial charge >= 0.3 is 0 Å². The highest BCUT2D eigenvalue weighted by Gasteiger charge is 2.07. The van der Waals surface area contributed by atoms with E-state index >= 15 is 0 Å². The molecular formula is C12H6BrN3. The number of halogens is 1. The van der Waals surface area contributed by atoms with Crippen molar-refractivity contribution in [3.05, 3.63) is 52.3 Å². The lowest BCUT2D eigenvalue weighted by molar-refractivity contribution is 1.04. The summed E-state index contributed by atoms with van der Waals surface area (Å²) < 4.78 is 2.57. The average Bonchev–Trinajstić information content (AvgIpc) is 2.76. The van der Waals surface area contributed by atoms with E-state index in [4.69, 9.17) is 10.5 Å². The Bertz CT molecular complexity index is 614. The minimum Gasteiger partial charge on any atom is -0.307 e. The zero-order chi connectivity index (χ0) is 11.5. The second kappa shape index (κ2) is 4.22. The van der Waals surface area contributed by atoms with Gasteiger partial charge in [-0.2, -0.15) is 10.5 Å². The third-order valence-corrected chi connectivity index (χ3v) is 2.70. The van der Waals surface area contributed by atoms with Crippen LogP contribution in [-0.2, 0) is 0 Å². The molecule has 0 spiro atoms. The molecule has 0 fully saturated rings. The molecule has 1 heterocycles. The van der Waals surface area contributed by atoms with Crippen molar-refractivity contribution in [3.8, 4) is 17.8 Å². The first-order chi connectivity index (χ1) is 7.76. The highest BCUT2D eigenvalue weighted by Crippen LogP contribution is 2.21. The van der Waals surface area contributed by atoms with Crippen LogP contribution in [0.1, 0.15) is 11.3 Å². The van der Waals surface area contributed by atoms with Gasteiger partial charge in [-0.05, 0) is 30.3 Å². The molecular weight excluding hydrogens is 266 g/mol. The number of hydrogen-bond acceptors (Lipinski definition) is 2. The van der Waals surface area contributed by atoms with Crippen LogP contribution < -0.4 is 0 Å². The quantitative estimate of drug-likeness (QED) is 0.801. The fraction of sp³-hybridized carbons (Fsp3) is 0. The molecule has 0 atom stereocenters. The standard InChI is InChI=1S/C12H6BrN3/c13-10-4-3-9(7-14)12(6-10)16-5-1-2-11(16)8-15/h1-6H. The van der Waals surface area contributed by atoms with E-state index in [9.17, 15) is 0 Å². The number of nitriles is 2. The van der Waals surface area contributed by atoms with Crippen LogP contribution in [0.25, 0.3) is 5.69 Å². The molecule has 1 aromatic heterocycles. The molecule has 3 nitrogen and oxygen atoms in total. The Hall–Kier alpha value is -2.04. The first-order valence-corrected chi connectivity index (χ1v) is 5.33. The number of aromatic nitrogens is 1. The predicted molar refractivity (Wildman–Crippen MR) is 62.9 cm³/mol. The van der Waals surface area contributed by atoms with Crippen molar-refractivity contribution in [3.63, 3.8) is 0 Å². The van der Waals surface area contributed by atoms with Crippen molar-refractivity contribution in [1.82, 2.24) is 4.57 Å². The Labute approximate surface area is 101 Å². The molecule has 0 radical (unpaired) electrons. The molecule has 0 saturated heterocycles. The summed E-state index contributed by atoms with van der Waals surface area (Å²) in [6.07, 6.45) is 1.77. The minimum absolute atomic E-state index is 0.509. The molecule has 0 bridgehead atoms. The summed E-state index contributed by atoms with van der Waals surface area (Å²) in [6.45, 7) is 0. The normalized spacial score (nSPS) is 9.44. The van der Waals surface area contributed by atoms with Crippen LogP contribution in [-0.4, -0.2) is 4.57 Å². The van der Waals surface area contributed by atoms with Gasteiger partial charge in [-0.25, -0.2) is 0 Å². The Morgan fingerprint density at radius 3 is 2.62 bits per heavy atom. The average molecular weight is 272 g/mol. The Morgan fingerprint density at radius 2 is 1.94 bits per heavy atom. The third kappa shape index (κ3) is 1.71. The van der Waals surface area contributed by atoms with Crippen LogP contribution in [0.5, 0.6) is 0 Å². The maximum atomic E-state index is 9.01. The number of hydrogen-bond donors (Lipinski definition) is 0. The van der Waals surface area contributed by atoms with Crippen molar-refractivity contribution in [2.45, 2.75) is 0 Å². The fourth-order valence-corrected chi connectivity index (χ4v) is 1.83. The van der Waals surface area contributed by atoms with Crippen LogP contribution in [0, 0.1) is 22.7 Å². The van der Waals surface area contributed by atoms with Crippen LogP contribution in [0.3, 0.4) is 0 Å². The minimum atomic E-state index is 0.509. The first kappa shape index (κ1) is 10.5. The Kier molecular flexibility index (Phi) is 2.76. The van der Waals surface area contributed by atoms with E-state index in [0.29, 0.717) is 16.9 Å². The van der Waals surface area contributed by atoms with Gasteiger partial charge in [0.1, 0.15) is 17.8 Å². The van der Waals surface area contributed by atoms with Gasteiger partial charge in [0.25, 0.3) is 0 Å². The summed E-state index contributed by atoms with van der Waals surface area (Å²) in [5.41, 5.74) is 1.75. The summed E-state index contributed by atoms with van der Waals surface area (Å²) in [4.78, 5) is 0. The van der Waals surface area contributed by atoms with Gasteiger partial charge in [0.2, 0.25) is 0 Å². The number of rotatable bonds is 1. The highest BCUT2D eigenvalue weighted by atomic mass is 79.9. The topological polar surface area (TPSA) is 52.5 Å². The highest BCUT2D eigenvalue weighted by molar-refractivity contribution is 9.10. The summed E-state index contributed by atoms with van der Waals surface area (Å²) in [7, 11) is 0. The fourth-order valence-electron chi connectivity index (χ4n) is 1.48. The molecule has 0 saturated carbocycles. The summed E-state index contributed by atoms with van der Waals surface area (Å²) in [6, 6.07) is 13.0. The number of benzene rings is 1. The van der Waals surface area contributed by atoms with E-state index in [1.807, 2.05) is 6.07 Å². The zero-order valence-corrected chi connectivity index (χ0v) is 9.77.